The van der Waals surface area contributed by atoms with Crippen LogP contribution in [0, 0.1) is 0 Å². The summed E-state index contributed by atoms with van der Waals surface area (Å²) in [6.07, 6.45) is 3.34. The van der Waals surface area contributed by atoms with E-state index in [1.165, 1.54) is 0 Å². The van der Waals surface area contributed by atoms with Crippen LogP contribution in [0.5, 0.6) is 5.75 Å². The molecule has 7 nitrogen and oxygen atoms in total. The average Bonchev–Trinajstić information content (AvgIpc) is 3.03. The predicted molar refractivity (Wildman–Crippen MR) is 92.7 cm³/mol. The van der Waals surface area contributed by atoms with Crippen LogP contribution in [0.2, 0.25) is 0 Å². The Hall–Kier alpha value is -3.35. The van der Waals surface area contributed by atoms with E-state index in [2.05, 4.69) is 10.3 Å². The van der Waals surface area contributed by atoms with E-state index < -0.39 is 5.97 Å². The second-order valence-corrected chi connectivity index (χ2v) is 5.48. The van der Waals surface area contributed by atoms with Gasteiger partial charge in [-0.05, 0) is 24.3 Å². The van der Waals surface area contributed by atoms with Gasteiger partial charge < -0.3 is 19.6 Å². The molecule has 0 spiro atoms. The van der Waals surface area contributed by atoms with Gasteiger partial charge in [-0.25, -0.2) is 4.98 Å². The van der Waals surface area contributed by atoms with E-state index in [4.69, 9.17) is 9.84 Å². The van der Waals surface area contributed by atoms with Crippen molar-refractivity contribution in [2.45, 2.75) is 12.8 Å². The fourth-order valence-corrected chi connectivity index (χ4v) is 2.43. The molecule has 128 valence electrons. The molecule has 3 rings (SSSR count). The average molecular weight is 339 g/mol. The molecule has 2 heterocycles. The molecular weight excluding hydrogens is 322 g/mol. The van der Waals surface area contributed by atoms with Gasteiger partial charge in [0.2, 0.25) is 5.91 Å². The lowest BCUT2D eigenvalue weighted by Gasteiger charge is -2.04. The molecular formula is C18H17N3O4. The smallest absolute Gasteiger partial charge is 0.303 e. The van der Waals surface area contributed by atoms with Gasteiger partial charge >= 0.3 is 5.97 Å². The van der Waals surface area contributed by atoms with E-state index in [0.29, 0.717) is 5.69 Å². The number of carboxylic acid groups (broad SMARTS) is 1. The zero-order valence-electron chi connectivity index (χ0n) is 13.6. The van der Waals surface area contributed by atoms with Gasteiger partial charge in [0.1, 0.15) is 11.4 Å². The molecule has 0 aliphatic rings. The third kappa shape index (κ3) is 3.95. The maximum absolute atomic E-state index is 11.7. The number of rotatable bonds is 6. The third-order valence-corrected chi connectivity index (χ3v) is 3.67. The summed E-state index contributed by atoms with van der Waals surface area (Å²) in [7, 11) is 1.61. The first kappa shape index (κ1) is 16.5. The third-order valence-electron chi connectivity index (χ3n) is 3.67. The highest BCUT2D eigenvalue weighted by Gasteiger charge is 2.09. The molecule has 3 aromatic rings. The van der Waals surface area contributed by atoms with E-state index in [0.717, 1.165) is 22.7 Å². The van der Waals surface area contributed by atoms with E-state index in [9.17, 15) is 9.59 Å². The number of aromatic nitrogens is 2. The molecule has 0 atom stereocenters. The number of methoxy groups -OCH3 is 1. The Morgan fingerprint density at radius 2 is 2.04 bits per heavy atom. The monoisotopic (exact) mass is 339 g/mol. The summed E-state index contributed by atoms with van der Waals surface area (Å²) in [6.45, 7) is 0. The van der Waals surface area contributed by atoms with Crippen molar-refractivity contribution < 1.29 is 19.4 Å². The van der Waals surface area contributed by atoms with Crippen molar-refractivity contribution in [3.8, 4) is 17.0 Å². The molecule has 0 aliphatic heterocycles. The minimum Gasteiger partial charge on any atom is -0.497 e. The molecule has 0 saturated carbocycles. The molecule has 0 saturated heterocycles. The van der Waals surface area contributed by atoms with E-state index in [1.54, 1.807) is 25.4 Å². The molecule has 2 N–H and O–H groups in total. The Bertz CT molecular complexity index is 933. The second kappa shape index (κ2) is 7.04. The Morgan fingerprint density at radius 1 is 1.20 bits per heavy atom. The summed E-state index contributed by atoms with van der Waals surface area (Å²) < 4.78 is 7.04. The van der Waals surface area contributed by atoms with Crippen LogP contribution in [0.15, 0.2) is 48.8 Å². The highest BCUT2D eigenvalue weighted by Crippen LogP contribution is 2.24. The molecule has 1 aromatic carbocycles. The Kier molecular flexibility index (Phi) is 4.65. The number of carbonyl (C=O) groups is 2. The zero-order chi connectivity index (χ0) is 17.8. The van der Waals surface area contributed by atoms with Gasteiger partial charge in [0.05, 0.1) is 24.9 Å². The van der Waals surface area contributed by atoms with Gasteiger partial charge in [-0.1, -0.05) is 12.1 Å². The number of anilines is 1. The number of benzene rings is 1. The molecule has 7 heteroatoms. The number of imidazole rings is 1. The highest BCUT2D eigenvalue weighted by molar-refractivity contribution is 5.92. The molecule has 0 aliphatic carbocycles. The summed E-state index contributed by atoms with van der Waals surface area (Å²) >= 11 is 0. The zero-order valence-corrected chi connectivity index (χ0v) is 13.6. The number of pyridine rings is 1. The maximum atomic E-state index is 11.7. The largest absolute Gasteiger partial charge is 0.497 e. The van der Waals surface area contributed by atoms with E-state index in [-0.39, 0.29) is 18.7 Å². The number of hydrogen-bond donors (Lipinski definition) is 2. The first-order valence-corrected chi connectivity index (χ1v) is 7.70. The normalized spacial score (nSPS) is 10.6. The summed E-state index contributed by atoms with van der Waals surface area (Å²) in [5.41, 5.74) is 3.03. The van der Waals surface area contributed by atoms with Crippen LogP contribution in [0.4, 0.5) is 5.69 Å². The fraction of sp³-hybridized carbons (Fsp3) is 0.167. The van der Waals surface area contributed by atoms with Crippen LogP contribution in [-0.2, 0) is 9.59 Å². The van der Waals surface area contributed by atoms with Crippen LogP contribution in [-0.4, -0.2) is 33.5 Å². The van der Waals surface area contributed by atoms with Crippen LogP contribution >= 0.6 is 0 Å². The summed E-state index contributed by atoms with van der Waals surface area (Å²) in [5.74, 6) is -0.584. The van der Waals surface area contributed by atoms with Crippen LogP contribution in [0.1, 0.15) is 12.8 Å². The summed E-state index contributed by atoms with van der Waals surface area (Å²) in [6, 6.07) is 11.1. The molecule has 25 heavy (non-hydrogen) atoms. The summed E-state index contributed by atoms with van der Waals surface area (Å²) in [4.78, 5) is 26.8. The number of nitrogens with one attached hydrogen (secondary N) is 1. The number of carboxylic acids is 1. The van der Waals surface area contributed by atoms with Gasteiger partial charge in [-0.2, -0.15) is 0 Å². The first-order chi connectivity index (χ1) is 12.0. The number of carbonyl (C=O) groups excluding carboxylic acids is 1. The lowest BCUT2D eigenvalue weighted by molar-refractivity contribution is -0.138. The van der Waals surface area contributed by atoms with Gasteiger partial charge in [0.15, 0.2) is 0 Å². The van der Waals surface area contributed by atoms with Gasteiger partial charge in [-0.15, -0.1) is 0 Å². The SMILES string of the molecule is COc1cccc(-c2cn3cc(NC(=O)CCC(=O)O)ccc3n2)c1. The van der Waals surface area contributed by atoms with Gasteiger partial charge in [0, 0.05) is 24.4 Å². The van der Waals surface area contributed by atoms with Gasteiger partial charge in [-0.3, -0.25) is 9.59 Å². The van der Waals surface area contributed by atoms with Crippen molar-refractivity contribution in [3.05, 3.63) is 48.8 Å². The van der Waals surface area contributed by atoms with Crippen molar-refractivity contribution >= 4 is 23.2 Å². The molecule has 0 radical (unpaired) electrons. The lowest BCUT2D eigenvalue weighted by Crippen LogP contribution is -2.13. The van der Waals surface area contributed by atoms with Crippen molar-refractivity contribution in [1.29, 1.82) is 0 Å². The van der Waals surface area contributed by atoms with Crippen molar-refractivity contribution in [1.82, 2.24) is 9.38 Å². The van der Waals surface area contributed by atoms with Gasteiger partial charge in [0.25, 0.3) is 0 Å². The van der Waals surface area contributed by atoms with E-state index in [1.807, 2.05) is 34.9 Å². The highest BCUT2D eigenvalue weighted by atomic mass is 16.5. The first-order valence-electron chi connectivity index (χ1n) is 7.70. The lowest BCUT2D eigenvalue weighted by atomic mass is 10.1. The standard InChI is InChI=1S/C18H17N3O4/c1-25-14-4-2-3-12(9-14)15-11-21-10-13(5-6-16(21)20-15)19-17(22)7-8-18(23)24/h2-6,9-11H,7-8H2,1H3,(H,19,22)(H,23,24). The van der Waals surface area contributed by atoms with Crippen LogP contribution < -0.4 is 10.1 Å². The van der Waals surface area contributed by atoms with Crippen molar-refractivity contribution in [3.63, 3.8) is 0 Å². The quantitative estimate of drug-likeness (QED) is 0.720. The van der Waals surface area contributed by atoms with E-state index >= 15 is 0 Å². The van der Waals surface area contributed by atoms with Crippen LogP contribution in [0.25, 0.3) is 16.9 Å². The molecule has 0 bridgehead atoms. The van der Waals surface area contributed by atoms with Crippen molar-refractivity contribution in [2.75, 3.05) is 12.4 Å². The molecule has 0 fully saturated rings. The van der Waals surface area contributed by atoms with Crippen molar-refractivity contribution in [2.24, 2.45) is 0 Å². The Labute approximate surface area is 143 Å². The number of aliphatic carboxylic acids is 1. The fourth-order valence-electron chi connectivity index (χ4n) is 2.43. The molecule has 0 unspecified atom stereocenters. The maximum Gasteiger partial charge on any atom is 0.303 e. The topological polar surface area (TPSA) is 92.9 Å². The minimum atomic E-state index is -0.997. The van der Waals surface area contributed by atoms with Crippen LogP contribution in [0.3, 0.4) is 0 Å². The second-order valence-electron chi connectivity index (χ2n) is 5.48. The number of fused-ring (bicyclic) bond motifs is 1. The molecule has 2 aromatic heterocycles. The predicted octanol–water partition coefficient (Wildman–Crippen LogP) is 2.81. The Morgan fingerprint density at radius 3 is 2.80 bits per heavy atom. The summed E-state index contributed by atoms with van der Waals surface area (Å²) in [5, 5.41) is 11.3. The Balaban J connectivity index is 1.81. The number of nitrogens with zero attached hydrogens (tertiary/aromatic N) is 2. The molecule has 1 amide bonds. The number of amides is 1. The number of hydrogen-bond acceptors (Lipinski definition) is 4. The number of ether oxygens (including phenoxy) is 1. The minimum absolute atomic E-state index is 0.0631.